The highest BCUT2D eigenvalue weighted by Crippen LogP contribution is 2.29. The number of fused-ring (bicyclic) bond motifs is 1. The van der Waals surface area contributed by atoms with E-state index in [9.17, 15) is 9.59 Å². The molecule has 0 saturated carbocycles. The minimum absolute atomic E-state index is 0.297. The summed E-state index contributed by atoms with van der Waals surface area (Å²) in [6.45, 7) is 5.36. The number of ether oxygens (including phenoxy) is 2. The molecule has 1 amide bonds. The highest BCUT2D eigenvalue weighted by Gasteiger charge is 2.18. The number of nitrogens with zero attached hydrogens (tertiary/aromatic N) is 2. The topological polar surface area (TPSA) is 82.4 Å². The molecule has 7 nitrogen and oxygen atoms in total. The first-order chi connectivity index (χ1) is 14.0. The number of amides is 1. The third-order valence-electron chi connectivity index (χ3n) is 4.44. The number of methoxy groups -OCH3 is 1. The van der Waals surface area contributed by atoms with Gasteiger partial charge < -0.3 is 14.8 Å². The van der Waals surface area contributed by atoms with Gasteiger partial charge in [-0.3, -0.25) is 9.48 Å². The summed E-state index contributed by atoms with van der Waals surface area (Å²) in [5.74, 6) is -0.822. The van der Waals surface area contributed by atoms with Crippen molar-refractivity contribution in [1.82, 2.24) is 15.1 Å². The molecular formula is C21H25N3O4S. The van der Waals surface area contributed by atoms with E-state index in [1.165, 1.54) is 16.9 Å². The number of hydrogen-bond donors (Lipinski definition) is 1. The Labute approximate surface area is 173 Å². The first-order valence-electron chi connectivity index (χ1n) is 9.43. The number of aromatic nitrogens is 2. The van der Waals surface area contributed by atoms with E-state index in [0.29, 0.717) is 31.0 Å². The predicted molar refractivity (Wildman–Crippen MR) is 112 cm³/mol. The monoisotopic (exact) mass is 415 g/mol. The van der Waals surface area contributed by atoms with E-state index in [2.05, 4.69) is 41.6 Å². The van der Waals surface area contributed by atoms with Gasteiger partial charge in [-0.15, -0.1) is 11.3 Å². The molecule has 0 spiro atoms. The molecule has 0 aliphatic rings. The summed E-state index contributed by atoms with van der Waals surface area (Å²) in [5.41, 5.74) is 3.21. The minimum Gasteiger partial charge on any atom is -0.451 e. The Hall–Kier alpha value is -2.71. The molecule has 0 unspecified atom stereocenters. The lowest BCUT2D eigenvalue weighted by atomic mass is 10.1. The molecule has 29 heavy (non-hydrogen) atoms. The lowest BCUT2D eigenvalue weighted by Gasteiger charge is -2.05. The van der Waals surface area contributed by atoms with Crippen LogP contribution in [0.1, 0.15) is 32.9 Å². The normalized spacial score (nSPS) is 11.0. The zero-order valence-electron chi connectivity index (χ0n) is 16.9. The summed E-state index contributed by atoms with van der Waals surface area (Å²) in [7, 11) is 1.61. The van der Waals surface area contributed by atoms with Crippen LogP contribution in [0.5, 0.6) is 0 Å². The van der Waals surface area contributed by atoms with Gasteiger partial charge in [0, 0.05) is 25.6 Å². The van der Waals surface area contributed by atoms with Gasteiger partial charge in [-0.2, -0.15) is 5.10 Å². The van der Waals surface area contributed by atoms with Crippen molar-refractivity contribution in [1.29, 1.82) is 0 Å². The zero-order chi connectivity index (χ0) is 20.8. The summed E-state index contributed by atoms with van der Waals surface area (Å²) in [6, 6.07) is 10.1. The molecule has 0 fully saturated rings. The molecule has 2 heterocycles. The van der Waals surface area contributed by atoms with Crippen molar-refractivity contribution < 1.29 is 19.1 Å². The van der Waals surface area contributed by atoms with Crippen molar-refractivity contribution in [2.75, 3.05) is 26.9 Å². The summed E-state index contributed by atoms with van der Waals surface area (Å²) < 4.78 is 12.0. The van der Waals surface area contributed by atoms with Gasteiger partial charge in [0.15, 0.2) is 6.61 Å². The molecule has 0 aliphatic heterocycles. The van der Waals surface area contributed by atoms with Crippen molar-refractivity contribution in [3.8, 4) is 0 Å². The third-order valence-corrected chi connectivity index (χ3v) is 5.57. The lowest BCUT2D eigenvalue weighted by molar-refractivity contribution is -0.124. The number of aryl methyl sites for hydroxylation is 2. The fourth-order valence-corrected chi connectivity index (χ4v) is 3.94. The largest absolute Gasteiger partial charge is 0.451 e. The molecule has 1 aromatic carbocycles. The smallest absolute Gasteiger partial charge is 0.348 e. The number of esters is 1. The van der Waals surface area contributed by atoms with Gasteiger partial charge >= 0.3 is 5.97 Å². The third kappa shape index (κ3) is 5.42. The molecule has 0 aliphatic carbocycles. The maximum atomic E-state index is 12.4. The van der Waals surface area contributed by atoms with E-state index in [1.807, 2.05) is 11.6 Å². The van der Waals surface area contributed by atoms with E-state index in [0.717, 1.165) is 21.5 Å². The molecular weight excluding hydrogens is 390 g/mol. The summed E-state index contributed by atoms with van der Waals surface area (Å²) >= 11 is 1.33. The lowest BCUT2D eigenvalue weighted by Crippen LogP contribution is -2.30. The van der Waals surface area contributed by atoms with Gasteiger partial charge in [0.05, 0.1) is 12.2 Å². The molecule has 3 rings (SSSR count). The predicted octanol–water partition coefficient (Wildman–Crippen LogP) is 3.07. The van der Waals surface area contributed by atoms with Crippen molar-refractivity contribution in [3.63, 3.8) is 0 Å². The van der Waals surface area contributed by atoms with Gasteiger partial charge in [-0.1, -0.05) is 29.8 Å². The summed E-state index contributed by atoms with van der Waals surface area (Å²) in [6.07, 6.45) is 0.712. The van der Waals surface area contributed by atoms with Crippen LogP contribution in [-0.4, -0.2) is 48.5 Å². The molecule has 0 atom stereocenters. The van der Waals surface area contributed by atoms with Gasteiger partial charge in [0.25, 0.3) is 5.91 Å². The maximum absolute atomic E-state index is 12.4. The number of hydrogen-bond acceptors (Lipinski definition) is 6. The number of carbonyl (C=O) groups is 2. The van der Waals surface area contributed by atoms with Crippen molar-refractivity contribution >= 4 is 33.4 Å². The Morgan fingerprint density at radius 2 is 1.97 bits per heavy atom. The Bertz CT molecular complexity index is 991. The SMILES string of the molecule is COCCCNC(=O)COC(=O)c1cc2c(C)nn(Cc3ccc(C)cc3)c2s1. The van der Waals surface area contributed by atoms with Crippen LogP contribution in [0.3, 0.4) is 0 Å². The molecule has 0 bridgehead atoms. The van der Waals surface area contributed by atoms with Crippen LogP contribution in [0.15, 0.2) is 30.3 Å². The van der Waals surface area contributed by atoms with Gasteiger partial charge in [0.1, 0.15) is 9.71 Å². The molecule has 3 aromatic rings. The zero-order valence-corrected chi connectivity index (χ0v) is 17.7. The molecule has 0 radical (unpaired) electrons. The first-order valence-corrected chi connectivity index (χ1v) is 10.2. The fourth-order valence-electron chi connectivity index (χ4n) is 2.88. The summed E-state index contributed by atoms with van der Waals surface area (Å²) in [4.78, 5) is 25.5. The van der Waals surface area contributed by atoms with Crippen LogP contribution < -0.4 is 5.32 Å². The number of rotatable bonds is 9. The first kappa shape index (κ1) is 21.0. The van der Waals surface area contributed by atoms with Crippen LogP contribution in [0.2, 0.25) is 0 Å². The van der Waals surface area contributed by atoms with Crippen LogP contribution in [0, 0.1) is 13.8 Å². The number of benzene rings is 1. The average Bonchev–Trinajstić information content (AvgIpc) is 3.27. The van der Waals surface area contributed by atoms with Crippen molar-refractivity contribution in [3.05, 3.63) is 52.0 Å². The van der Waals surface area contributed by atoms with E-state index in [4.69, 9.17) is 9.47 Å². The second kappa shape index (κ2) is 9.67. The molecule has 0 saturated heterocycles. The molecule has 2 aromatic heterocycles. The maximum Gasteiger partial charge on any atom is 0.348 e. The Morgan fingerprint density at radius 3 is 2.69 bits per heavy atom. The minimum atomic E-state index is -0.500. The summed E-state index contributed by atoms with van der Waals surface area (Å²) in [5, 5.41) is 8.21. The number of nitrogens with one attached hydrogen (secondary N) is 1. The van der Waals surface area contributed by atoms with E-state index in [-0.39, 0.29) is 12.5 Å². The Kier molecular flexibility index (Phi) is 7.00. The second-order valence-corrected chi connectivity index (χ2v) is 7.86. The van der Waals surface area contributed by atoms with Crippen molar-refractivity contribution in [2.24, 2.45) is 0 Å². The van der Waals surface area contributed by atoms with Crippen LogP contribution in [0.25, 0.3) is 10.2 Å². The molecule has 8 heteroatoms. The van der Waals surface area contributed by atoms with Gasteiger partial charge in [0.2, 0.25) is 0 Å². The quantitative estimate of drug-likeness (QED) is 0.429. The van der Waals surface area contributed by atoms with Gasteiger partial charge in [-0.25, -0.2) is 4.79 Å². The van der Waals surface area contributed by atoms with Crippen molar-refractivity contribution in [2.45, 2.75) is 26.8 Å². The van der Waals surface area contributed by atoms with E-state index >= 15 is 0 Å². The van der Waals surface area contributed by atoms with Crippen LogP contribution >= 0.6 is 11.3 Å². The van der Waals surface area contributed by atoms with Crippen LogP contribution in [-0.2, 0) is 20.8 Å². The van der Waals surface area contributed by atoms with Crippen LogP contribution in [0.4, 0.5) is 0 Å². The number of thiophene rings is 1. The average molecular weight is 416 g/mol. The Balaban J connectivity index is 1.64. The van der Waals surface area contributed by atoms with E-state index < -0.39 is 5.97 Å². The fraction of sp³-hybridized carbons (Fsp3) is 0.381. The standard InChI is InChI=1S/C21H25N3O4S/c1-14-5-7-16(8-6-14)12-24-20-17(15(2)23-24)11-18(29-20)21(26)28-13-19(25)22-9-4-10-27-3/h5-8,11H,4,9-10,12-13H2,1-3H3,(H,22,25). The highest BCUT2D eigenvalue weighted by molar-refractivity contribution is 7.20. The Morgan fingerprint density at radius 1 is 1.21 bits per heavy atom. The number of carbonyl (C=O) groups excluding carboxylic acids is 2. The second-order valence-electron chi connectivity index (χ2n) is 6.83. The highest BCUT2D eigenvalue weighted by atomic mass is 32.1. The molecule has 154 valence electrons. The molecule has 1 N–H and O–H groups in total. The van der Waals surface area contributed by atoms with E-state index in [1.54, 1.807) is 13.2 Å². The van der Waals surface area contributed by atoms with Gasteiger partial charge in [-0.05, 0) is 31.9 Å².